The number of halogens is 2. The summed E-state index contributed by atoms with van der Waals surface area (Å²) in [6, 6.07) is 5.85. The van der Waals surface area contributed by atoms with Gasteiger partial charge in [-0.3, -0.25) is 4.98 Å². The number of pyridine rings is 1. The summed E-state index contributed by atoms with van der Waals surface area (Å²) in [4.78, 5) is 4.44. The van der Waals surface area contributed by atoms with Crippen molar-refractivity contribution < 1.29 is 4.42 Å². The number of hydrogen-bond acceptors (Lipinski definition) is 3. The Morgan fingerprint density at radius 3 is 2.72 bits per heavy atom. The highest BCUT2D eigenvalue weighted by atomic mass is 79.9. The molecule has 2 heterocycles. The third kappa shape index (κ3) is 3.22. The molecule has 1 N–H and O–H groups in total. The van der Waals surface area contributed by atoms with Gasteiger partial charge in [-0.25, -0.2) is 0 Å². The summed E-state index contributed by atoms with van der Waals surface area (Å²) >= 11 is 6.89. The van der Waals surface area contributed by atoms with Crippen LogP contribution in [-0.4, -0.2) is 11.5 Å². The first-order valence-electron chi connectivity index (χ1n) is 5.80. The molecule has 5 heteroatoms. The van der Waals surface area contributed by atoms with Gasteiger partial charge >= 0.3 is 0 Å². The van der Waals surface area contributed by atoms with Crippen LogP contribution in [0.1, 0.15) is 30.8 Å². The highest BCUT2D eigenvalue weighted by Crippen LogP contribution is 2.29. The molecule has 18 heavy (non-hydrogen) atoms. The van der Waals surface area contributed by atoms with E-state index >= 15 is 0 Å². The normalized spacial score (nSPS) is 12.6. The minimum atomic E-state index is -0.0255. The average Bonchev–Trinajstić information content (AvgIpc) is 2.78. The van der Waals surface area contributed by atoms with Gasteiger partial charge in [0.05, 0.1) is 16.4 Å². The van der Waals surface area contributed by atoms with E-state index in [1.54, 1.807) is 12.5 Å². The van der Waals surface area contributed by atoms with Crippen LogP contribution < -0.4 is 5.32 Å². The van der Waals surface area contributed by atoms with Crippen LogP contribution in [-0.2, 0) is 0 Å². The van der Waals surface area contributed by atoms with Gasteiger partial charge in [0.15, 0.2) is 0 Å². The van der Waals surface area contributed by atoms with Crippen molar-refractivity contribution in [1.29, 1.82) is 0 Å². The fraction of sp³-hybridized carbons (Fsp3) is 0.308. The summed E-state index contributed by atoms with van der Waals surface area (Å²) in [5.41, 5.74) is 0.947. The molecule has 0 radical (unpaired) electrons. The van der Waals surface area contributed by atoms with Gasteiger partial charge in [-0.15, -0.1) is 0 Å². The third-order valence-corrected chi connectivity index (χ3v) is 3.68. The number of nitrogens with one attached hydrogen (secondary N) is 1. The first-order chi connectivity index (χ1) is 8.72. The van der Waals surface area contributed by atoms with Gasteiger partial charge < -0.3 is 9.73 Å². The Morgan fingerprint density at radius 1 is 1.33 bits per heavy atom. The van der Waals surface area contributed by atoms with Gasteiger partial charge in [-0.2, -0.15) is 0 Å². The van der Waals surface area contributed by atoms with Crippen molar-refractivity contribution in [1.82, 2.24) is 10.3 Å². The van der Waals surface area contributed by atoms with Crippen LogP contribution in [0.15, 0.2) is 44.0 Å². The number of aromatic nitrogens is 1. The molecule has 2 rings (SSSR count). The molecule has 0 aliphatic heterocycles. The van der Waals surface area contributed by atoms with Crippen molar-refractivity contribution in [2.45, 2.75) is 19.4 Å². The molecule has 96 valence electrons. The predicted octanol–water partition coefficient (Wildman–Crippen LogP) is 4.29. The molecule has 0 spiro atoms. The van der Waals surface area contributed by atoms with E-state index in [-0.39, 0.29) is 6.04 Å². The van der Waals surface area contributed by atoms with Crippen molar-refractivity contribution in [3.05, 3.63) is 51.1 Å². The fourth-order valence-corrected chi connectivity index (χ4v) is 2.35. The van der Waals surface area contributed by atoms with Gasteiger partial charge in [0.2, 0.25) is 0 Å². The van der Waals surface area contributed by atoms with Crippen molar-refractivity contribution in [2.75, 3.05) is 6.54 Å². The van der Waals surface area contributed by atoms with Crippen LogP contribution in [0.2, 0.25) is 0 Å². The predicted molar refractivity (Wildman–Crippen MR) is 78.5 cm³/mol. The van der Waals surface area contributed by atoms with Gasteiger partial charge in [0.1, 0.15) is 11.8 Å². The number of hydrogen-bond donors (Lipinski definition) is 1. The minimum Gasteiger partial charge on any atom is -0.466 e. The fourth-order valence-electron chi connectivity index (χ4n) is 1.69. The Balaban J connectivity index is 2.30. The molecule has 0 saturated carbocycles. The quantitative estimate of drug-likeness (QED) is 0.849. The van der Waals surface area contributed by atoms with Crippen molar-refractivity contribution in [3.8, 4) is 0 Å². The van der Waals surface area contributed by atoms with Crippen molar-refractivity contribution in [2.24, 2.45) is 0 Å². The molecule has 0 fully saturated rings. The topological polar surface area (TPSA) is 38.1 Å². The summed E-state index contributed by atoms with van der Waals surface area (Å²) in [5, 5.41) is 3.45. The van der Waals surface area contributed by atoms with E-state index in [0.717, 1.165) is 33.4 Å². The third-order valence-electron chi connectivity index (χ3n) is 2.55. The maximum absolute atomic E-state index is 5.55. The molecule has 0 saturated heterocycles. The van der Waals surface area contributed by atoms with Gasteiger partial charge in [-0.1, -0.05) is 6.92 Å². The molecule has 1 atom stereocenters. The van der Waals surface area contributed by atoms with E-state index in [1.807, 2.05) is 18.2 Å². The summed E-state index contributed by atoms with van der Waals surface area (Å²) in [5.74, 6) is 0.860. The zero-order valence-corrected chi connectivity index (χ0v) is 13.2. The molecule has 0 aromatic carbocycles. The number of nitrogens with zero attached hydrogens (tertiary/aromatic N) is 1. The van der Waals surface area contributed by atoms with E-state index in [1.165, 1.54) is 0 Å². The van der Waals surface area contributed by atoms with E-state index in [4.69, 9.17) is 4.42 Å². The summed E-state index contributed by atoms with van der Waals surface area (Å²) in [6.07, 6.45) is 4.54. The first kappa shape index (κ1) is 13.8. The molecular formula is C13H14Br2N2O. The molecule has 0 amide bonds. The second-order valence-electron chi connectivity index (χ2n) is 3.92. The van der Waals surface area contributed by atoms with Crippen LogP contribution in [0.25, 0.3) is 0 Å². The lowest BCUT2D eigenvalue weighted by Gasteiger charge is -2.16. The largest absolute Gasteiger partial charge is 0.466 e. The molecule has 0 aliphatic carbocycles. The first-order valence-corrected chi connectivity index (χ1v) is 7.38. The standard InChI is InChI=1S/C13H14Br2N2O/c1-2-6-16-12(13-10(15)5-7-18-13)11-4-3-9(14)8-17-11/h3-5,7-8,12,16H,2,6H2,1H3. The second kappa shape index (κ2) is 6.50. The zero-order chi connectivity index (χ0) is 13.0. The van der Waals surface area contributed by atoms with Gasteiger partial charge in [0, 0.05) is 10.7 Å². The van der Waals surface area contributed by atoms with Gasteiger partial charge in [0.25, 0.3) is 0 Å². The molecular weight excluding hydrogens is 360 g/mol. The van der Waals surface area contributed by atoms with E-state index in [9.17, 15) is 0 Å². The van der Waals surface area contributed by atoms with E-state index in [2.05, 4.69) is 49.1 Å². The maximum Gasteiger partial charge on any atom is 0.140 e. The highest BCUT2D eigenvalue weighted by molar-refractivity contribution is 9.10. The van der Waals surface area contributed by atoms with Crippen LogP contribution in [0.5, 0.6) is 0 Å². The molecule has 0 bridgehead atoms. The lowest BCUT2D eigenvalue weighted by molar-refractivity contribution is 0.439. The van der Waals surface area contributed by atoms with E-state index < -0.39 is 0 Å². The molecule has 2 aromatic rings. The SMILES string of the molecule is CCCNC(c1ccc(Br)cn1)c1occc1Br. The lowest BCUT2D eigenvalue weighted by Crippen LogP contribution is -2.23. The van der Waals surface area contributed by atoms with Gasteiger partial charge in [-0.05, 0) is 63.0 Å². The Kier molecular flexibility index (Phi) is 4.97. The Hall–Kier alpha value is -0.650. The summed E-state index contributed by atoms with van der Waals surface area (Å²) < 4.78 is 7.48. The molecule has 2 aromatic heterocycles. The van der Waals surface area contributed by atoms with Crippen LogP contribution in [0.3, 0.4) is 0 Å². The van der Waals surface area contributed by atoms with Crippen molar-refractivity contribution in [3.63, 3.8) is 0 Å². The Labute approximate surface area is 123 Å². The maximum atomic E-state index is 5.55. The monoisotopic (exact) mass is 372 g/mol. The zero-order valence-electron chi connectivity index (χ0n) is 9.99. The van der Waals surface area contributed by atoms with Crippen LogP contribution >= 0.6 is 31.9 Å². The average molecular weight is 374 g/mol. The highest BCUT2D eigenvalue weighted by Gasteiger charge is 2.20. The molecule has 3 nitrogen and oxygen atoms in total. The van der Waals surface area contributed by atoms with E-state index in [0.29, 0.717) is 0 Å². The lowest BCUT2D eigenvalue weighted by atomic mass is 10.1. The van der Waals surface area contributed by atoms with Crippen LogP contribution in [0, 0.1) is 0 Å². The minimum absolute atomic E-state index is 0.0255. The number of rotatable bonds is 5. The number of furan rings is 1. The summed E-state index contributed by atoms with van der Waals surface area (Å²) in [7, 11) is 0. The molecule has 1 unspecified atom stereocenters. The smallest absolute Gasteiger partial charge is 0.140 e. The Bertz CT molecular complexity index is 496. The Morgan fingerprint density at radius 2 is 2.17 bits per heavy atom. The summed E-state index contributed by atoms with van der Waals surface area (Å²) in [6.45, 7) is 3.05. The molecule has 0 aliphatic rings. The van der Waals surface area contributed by atoms with Crippen LogP contribution in [0.4, 0.5) is 0 Å². The second-order valence-corrected chi connectivity index (χ2v) is 5.69. The van der Waals surface area contributed by atoms with Crippen molar-refractivity contribution >= 4 is 31.9 Å².